The Bertz CT molecular complexity index is 993. The highest BCUT2D eigenvalue weighted by atomic mass is 16.5. The third-order valence-corrected chi connectivity index (χ3v) is 7.52. The van der Waals surface area contributed by atoms with Crippen LogP contribution in [0.4, 0.5) is 0 Å². The average molecular weight is 443 g/mol. The van der Waals surface area contributed by atoms with Gasteiger partial charge < -0.3 is 14.8 Å². The highest BCUT2D eigenvalue weighted by Gasteiger charge is 2.46. The number of piperidine rings is 3. The fourth-order valence-electron chi connectivity index (χ4n) is 5.92. The molecule has 0 saturated carbocycles. The molecule has 172 valence electrons. The number of methoxy groups -OCH3 is 2. The summed E-state index contributed by atoms with van der Waals surface area (Å²) in [5, 5.41) is 3.99. The van der Waals surface area contributed by atoms with Crippen LogP contribution in [-0.4, -0.2) is 44.3 Å². The van der Waals surface area contributed by atoms with Crippen molar-refractivity contribution in [2.24, 2.45) is 5.92 Å². The standard InChI is InChI=1S/C29H34N2O2/c1-32-25-14-13-21(19-26(25)33-2)20-30-28-24-15-17-31(18-16-24)29(28)27(22-9-5-3-6-10-22)23-11-7-4-8-12-23/h3-14,19,24,27-30H,15-18,20H2,1-2H3/t28-,29+/m1/s1. The molecular weight excluding hydrogens is 408 g/mol. The van der Waals surface area contributed by atoms with Gasteiger partial charge in [-0.15, -0.1) is 0 Å². The van der Waals surface area contributed by atoms with Crippen LogP contribution in [0.2, 0.25) is 0 Å². The molecule has 2 bridgehead atoms. The summed E-state index contributed by atoms with van der Waals surface area (Å²) in [6.07, 6.45) is 2.55. The third kappa shape index (κ3) is 4.50. The van der Waals surface area contributed by atoms with Crippen molar-refractivity contribution in [1.29, 1.82) is 0 Å². The minimum Gasteiger partial charge on any atom is -0.493 e. The highest BCUT2D eigenvalue weighted by Crippen LogP contribution is 2.42. The first-order valence-corrected chi connectivity index (χ1v) is 12.1. The fraction of sp³-hybridized carbons (Fsp3) is 0.379. The molecule has 3 aliphatic heterocycles. The molecular formula is C29H34N2O2. The van der Waals surface area contributed by atoms with Gasteiger partial charge in [0.2, 0.25) is 0 Å². The van der Waals surface area contributed by atoms with Gasteiger partial charge in [-0.2, -0.15) is 0 Å². The Labute approximate surface area is 197 Å². The van der Waals surface area contributed by atoms with Gasteiger partial charge in [0.15, 0.2) is 11.5 Å². The van der Waals surface area contributed by atoms with E-state index in [-0.39, 0.29) is 0 Å². The molecule has 3 fully saturated rings. The SMILES string of the molecule is COc1ccc(CN[C@@H]2C3CCN(CC3)[C@H]2C(c2ccccc2)c2ccccc2)cc1OC. The number of hydrogen-bond acceptors (Lipinski definition) is 4. The molecule has 3 aromatic carbocycles. The van der Waals surface area contributed by atoms with Gasteiger partial charge in [0.05, 0.1) is 14.2 Å². The lowest BCUT2D eigenvalue weighted by atomic mass is 9.70. The van der Waals surface area contributed by atoms with Crippen molar-refractivity contribution in [3.8, 4) is 11.5 Å². The first-order valence-electron chi connectivity index (χ1n) is 12.1. The van der Waals surface area contributed by atoms with Crippen LogP contribution in [0.25, 0.3) is 0 Å². The zero-order valence-electron chi connectivity index (χ0n) is 19.6. The molecule has 0 aliphatic carbocycles. The highest BCUT2D eigenvalue weighted by molar-refractivity contribution is 5.43. The van der Waals surface area contributed by atoms with Gasteiger partial charge in [0, 0.05) is 24.5 Å². The monoisotopic (exact) mass is 442 g/mol. The number of rotatable bonds is 8. The van der Waals surface area contributed by atoms with Gasteiger partial charge in [-0.3, -0.25) is 4.90 Å². The van der Waals surface area contributed by atoms with E-state index in [9.17, 15) is 0 Å². The maximum atomic E-state index is 5.53. The quantitative estimate of drug-likeness (QED) is 0.527. The molecule has 1 N–H and O–H groups in total. The van der Waals surface area contributed by atoms with E-state index in [1.807, 2.05) is 6.07 Å². The van der Waals surface area contributed by atoms with Gasteiger partial charge in [-0.25, -0.2) is 0 Å². The van der Waals surface area contributed by atoms with Crippen molar-refractivity contribution in [2.45, 2.75) is 37.4 Å². The van der Waals surface area contributed by atoms with Crippen LogP contribution >= 0.6 is 0 Å². The molecule has 0 radical (unpaired) electrons. The molecule has 4 nitrogen and oxygen atoms in total. The van der Waals surface area contributed by atoms with Gasteiger partial charge in [-0.05, 0) is 60.7 Å². The zero-order valence-corrected chi connectivity index (χ0v) is 19.6. The predicted octanol–water partition coefficient (Wildman–Crippen LogP) is 5.09. The van der Waals surface area contributed by atoms with Crippen molar-refractivity contribution in [3.05, 3.63) is 95.6 Å². The zero-order chi connectivity index (χ0) is 22.6. The van der Waals surface area contributed by atoms with Crippen molar-refractivity contribution in [1.82, 2.24) is 10.2 Å². The molecule has 4 heteroatoms. The largest absolute Gasteiger partial charge is 0.493 e. The first-order chi connectivity index (χ1) is 16.3. The Morgan fingerprint density at radius 3 is 2.00 bits per heavy atom. The predicted molar refractivity (Wildman–Crippen MR) is 133 cm³/mol. The fourth-order valence-corrected chi connectivity index (χ4v) is 5.92. The van der Waals surface area contributed by atoms with Crippen molar-refractivity contribution >= 4 is 0 Å². The van der Waals surface area contributed by atoms with Gasteiger partial charge >= 0.3 is 0 Å². The Kier molecular flexibility index (Phi) is 6.65. The second kappa shape index (κ2) is 9.98. The van der Waals surface area contributed by atoms with Crippen LogP contribution in [-0.2, 0) is 6.54 Å². The molecule has 6 rings (SSSR count). The molecule has 33 heavy (non-hydrogen) atoms. The van der Waals surface area contributed by atoms with E-state index in [4.69, 9.17) is 9.47 Å². The number of hydrogen-bond donors (Lipinski definition) is 1. The Balaban J connectivity index is 1.46. The van der Waals surface area contributed by atoms with Crippen LogP contribution in [0.1, 0.15) is 35.4 Å². The normalized spacial score (nSPS) is 24.1. The lowest BCUT2D eigenvalue weighted by Crippen LogP contribution is -2.64. The Morgan fingerprint density at radius 1 is 0.818 bits per heavy atom. The summed E-state index contributed by atoms with van der Waals surface area (Å²) in [5.41, 5.74) is 4.03. The number of benzene rings is 3. The summed E-state index contributed by atoms with van der Waals surface area (Å²) in [4.78, 5) is 2.73. The molecule has 0 unspecified atom stereocenters. The van der Waals surface area contributed by atoms with E-state index >= 15 is 0 Å². The first kappa shape index (κ1) is 22.0. The summed E-state index contributed by atoms with van der Waals surface area (Å²) >= 11 is 0. The molecule has 0 spiro atoms. The molecule has 0 amide bonds. The second-order valence-corrected chi connectivity index (χ2v) is 9.26. The average Bonchev–Trinajstić information content (AvgIpc) is 2.89. The topological polar surface area (TPSA) is 33.7 Å². The van der Waals surface area contributed by atoms with Crippen LogP contribution in [0.5, 0.6) is 11.5 Å². The number of fused-ring (bicyclic) bond motifs is 3. The van der Waals surface area contributed by atoms with Crippen LogP contribution < -0.4 is 14.8 Å². The number of nitrogens with zero attached hydrogens (tertiary/aromatic N) is 1. The number of nitrogens with one attached hydrogen (secondary N) is 1. The van der Waals surface area contributed by atoms with E-state index < -0.39 is 0 Å². The number of ether oxygens (including phenoxy) is 2. The van der Waals surface area contributed by atoms with Crippen LogP contribution in [0.15, 0.2) is 78.9 Å². The summed E-state index contributed by atoms with van der Waals surface area (Å²) in [6.45, 7) is 3.21. The molecule has 2 atom stereocenters. The molecule has 3 aromatic rings. The summed E-state index contributed by atoms with van der Waals surface area (Å²) < 4.78 is 11.0. The molecule has 0 aromatic heterocycles. The van der Waals surface area contributed by atoms with Gasteiger partial charge in [-0.1, -0.05) is 66.7 Å². The van der Waals surface area contributed by atoms with Crippen molar-refractivity contribution in [2.75, 3.05) is 27.3 Å². The lowest BCUT2D eigenvalue weighted by Gasteiger charge is -2.54. The van der Waals surface area contributed by atoms with Crippen LogP contribution in [0.3, 0.4) is 0 Å². The van der Waals surface area contributed by atoms with E-state index in [1.54, 1.807) is 14.2 Å². The van der Waals surface area contributed by atoms with E-state index in [0.717, 1.165) is 18.0 Å². The van der Waals surface area contributed by atoms with E-state index in [0.29, 0.717) is 23.9 Å². The molecule has 3 aliphatic rings. The minimum atomic E-state index is 0.346. The van der Waals surface area contributed by atoms with Gasteiger partial charge in [0.25, 0.3) is 0 Å². The Hall–Kier alpha value is -2.82. The van der Waals surface area contributed by atoms with Crippen molar-refractivity contribution < 1.29 is 9.47 Å². The third-order valence-electron chi connectivity index (χ3n) is 7.52. The second-order valence-electron chi connectivity index (χ2n) is 9.26. The molecule has 3 saturated heterocycles. The summed E-state index contributed by atoms with van der Waals surface area (Å²) in [6, 6.07) is 29.2. The smallest absolute Gasteiger partial charge is 0.161 e. The lowest BCUT2D eigenvalue weighted by molar-refractivity contribution is 0.00467. The summed E-state index contributed by atoms with van der Waals surface area (Å²) in [5.74, 6) is 2.61. The molecule has 3 heterocycles. The van der Waals surface area contributed by atoms with E-state index in [1.165, 1.54) is 42.6 Å². The minimum absolute atomic E-state index is 0.346. The van der Waals surface area contributed by atoms with Crippen LogP contribution in [0, 0.1) is 5.92 Å². The maximum Gasteiger partial charge on any atom is 0.161 e. The summed E-state index contributed by atoms with van der Waals surface area (Å²) in [7, 11) is 3.38. The van der Waals surface area contributed by atoms with Gasteiger partial charge in [0.1, 0.15) is 0 Å². The van der Waals surface area contributed by atoms with E-state index in [2.05, 4.69) is 83.0 Å². The Morgan fingerprint density at radius 2 is 1.42 bits per heavy atom. The maximum absolute atomic E-state index is 5.53. The van der Waals surface area contributed by atoms with Crippen molar-refractivity contribution in [3.63, 3.8) is 0 Å².